The van der Waals surface area contributed by atoms with Crippen molar-refractivity contribution in [2.24, 2.45) is 5.41 Å². The van der Waals surface area contributed by atoms with Crippen LogP contribution in [0, 0.1) is 12.3 Å². The van der Waals surface area contributed by atoms with Gasteiger partial charge in [-0.15, -0.1) is 0 Å². The normalized spacial score (nSPS) is 17.7. The molecule has 0 heterocycles. The van der Waals surface area contributed by atoms with E-state index >= 15 is 0 Å². The minimum absolute atomic E-state index is 0.359. The summed E-state index contributed by atoms with van der Waals surface area (Å²) in [6, 6.07) is 7.30. The van der Waals surface area contributed by atoms with Crippen LogP contribution < -0.4 is 5.32 Å². The molecule has 0 saturated heterocycles. The third kappa shape index (κ3) is 5.00. The smallest absolute Gasteiger partial charge is 0.0440 e. The number of halogens is 1. The number of rotatable bonds is 9. The molecule has 1 saturated carbocycles. The van der Waals surface area contributed by atoms with E-state index in [9.17, 15) is 0 Å². The van der Waals surface area contributed by atoms with Gasteiger partial charge in [-0.3, -0.25) is 0 Å². The third-order valence-electron chi connectivity index (χ3n) is 4.93. The minimum atomic E-state index is 0.359. The average Bonchev–Trinajstić information content (AvgIpc) is 3.29. The van der Waals surface area contributed by atoms with Crippen molar-refractivity contribution in [3.05, 3.63) is 34.3 Å². The Labute approximate surface area is 135 Å². The first-order chi connectivity index (χ1) is 10.1. The van der Waals surface area contributed by atoms with Crippen molar-refractivity contribution >= 4 is 11.6 Å². The summed E-state index contributed by atoms with van der Waals surface area (Å²) in [6.07, 6.45) is 8.91. The number of unbranched alkanes of at least 4 members (excludes halogenated alkanes) is 1. The van der Waals surface area contributed by atoms with Crippen LogP contribution in [0.2, 0.25) is 5.02 Å². The molecule has 1 aliphatic rings. The van der Waals surface area contributed by atoms with Crippen molar-refractivity contribution in [2.75, 3.05) is 6.54 Å². The van der Waals surface area contributed by atoms with Crippen molar-refractivity contribution in [1.82, 2.24) is 5.32 Å². The van der Waals surface area contributed by atoms with Crippen LogP contribution >= 0.6 is 11.6 Å². The predicted octanol–water partition coefficient (Wildman–Crippen LogP) is 5.53. The van der Waals surface area contributed by atoms with Crippen LogP contribution in [0.3, 0.4) is 0 Å². The first kappa shape index (κ1) is 16.8. The van der Waals surface area contributed by atoms with E-state index in [1.54, 1.807) is 0 Å². The first-order valence-corrected chi connectivity index (χ1v) is 8.95. The zero-order chi connectivity index (χ0) is 15.3. The molecule has 0 radical (unpaired) electrons. The van der Waals surface area contributed by atoms with Crippen LogP contribution in [-0.4, -0.2) is 12.6 Å². The fraction of sp³-hybridized carbons (Fsp3) is 0.684. The van der Waals surface area contributed by atoms with E-state index in [0.29, 0.717) is 5.41 Å². The van der Waals surface area contributed by atoms with Crippen molar-refractivity contribution in [3.63, 3.8) is 0 Å². The third-order valence-corrected chi connectivity index (χ3v) is 5.28. The molecule has 2 heteroatoms. The van der Waals surface area contributed by atoms with E-state index in [1.807, 2.05) is 0 Å². The van der Waals surface area contributed by atoms with Gasteiger partial charge in [-0.25, -0.2) is 0 Å². The lowest BCUT2D eigenvalue weighted by atomic mass is 9.75. The molecule has 0 bridgehead atoms. The molecule has 1 aromatic carbocycles. The van der Waals surface area contributed by atoms with E-state index in [1.165, 1.54) is 49.7 Å². The van der Waals surface area contributed by atoms with Crippen LogP contribution in [0.4, 0.5) is 0 Å². The summed E-state index contributed by atoms with van der Waals surface area (Å²) < 4.78 is 0. The molecule has 0 spiro atoms. The van der Waals surface area contributed by atoms with Gasteiger partial charge in [0, 0.05) is 17.6 Å². The number of aryl methyl sites for hydroxylation is 1. The lowest BCUT2D eigenvalue weighted by Crippen LogP contribution is -2.37. The minimum Gasteiger partial charge on any atom is -0.313 e. The summed E-state index contributed by atoms with van der Waals surface area (Å²) in [5, 5.41) is 4.71. The summed E-state index contributed by atoms with van der Waals surface area (Å²) >= 11 is 6.48. The molecule has 0 aromatic heterocycles. The highest BCUT2D eigenvalue weighted by Crippen LogP contribution is 2.36. The lowest BCUT2D eigenvalue weighted by Gasteiger charge is -2.34. The monoisotopic (exact) mass is 307 g/mol. The average molecular weight is 308 g/mol. The maximum Gasteiger partial charge on any atom is 0.0440 e. The highest BCUT2D eigenvalue weighted by atomic mass is 35.5. The highest BCUT2D eigenvalue weighted by Gasteiger charge is 2.31. The SMILES string of the molecule is CCCCC(CC)(CNC1CC1)Cc1ccc(C)cc1Cl. The van der Waals surface area contributed by atoms with E-state index in [2.05, 4.69) is 44.3 Å². The molecular weight excluding hydrogens is 278 g/mol. The molecule has 1 nitrogen and oxygen atoms in total. The Kier molecular flexibility index (Phi) is 6.13. The van der Waals surface area contributed by atoms with Crippen molar-refractivity contribution in [2.45, 2.75) is 71.8 Å². The van der Waals surface area contributed by atoms with Crippen molar-refractivity contribution < 1.29 is 0 Å². The van der Waals surface area contributed by atoms with E-state index < -0.39 is 0 Å². The summed E-state index contributed by atoms with van der Waals surface area (Å²) in [4.78, 5) is 0. The van der Waals surface area contributed by atoms with Crippen LogP contribution in [0.5, 0.6) is 0 Å². The van der Waals surface area contributed by atoms with Gasteiger partial charge in [0.25, 0.3) is 0 Å². The summed E-state index contributed by atoms with van der Waals surface area (Å²) in [5.41, 5.74) is 2.92. The molecule has 1 atom stereocenters. The van der Waals surface area contributed by atoms with E-state index in [-0.39, 0.29) is 0 Å². The molecule has 118 valence electrons. The van der Waals surface area contributed by atoms with Gasteiger partial charge in [0.15, 0.2) is 0 Å². The Balaban J connectivity index is 2.11. The van der Waals surface area contributed by atoms with Crippen LogP contribution in [0.1, 0.15) is 63.5 Å². The van der Waals surface area contributed by atoms with Gasteiger partial charge in [-0.05, 0) is 61.6 Å². The Morgan fingerprint density at radius 1 is 1.29 bits per heavy atom. The second-order valence-corrected chi connectivity index (χ2v) is 7.29. The van der Waals surface area contributed by atoms with Crippen molar-refractivity contribution in [1.29, 1.82) is 0 Å². The number of hydrogen-bond donors (Lipinski definition) is 1. The standard InChI is InChI=1S/C19H30ClN/c1-4-6-11-19(5-2,14-21-17-9-10-17)13-16-8-7-15(3)12-18(16)20/h7-8,12,17,21H,4-6,9-11,13-14H2,1-3H3. The van der Waals surface area contributed by atoms with Crippen LogP contribution in [0.15, 0.2) is 18.2 Å². The Morgan fingerprint density at radius 3 is 2.62 bits per heavy atom. The van der Waals surface area contributed by atoms with E-state index in [0.717, 1.165) is 24.0 Å². The number of benzene rings is 1. The van der Waals surface area contributed by atoms with Crippen LogP contribution in [-0.2, 0) is 6.42 Å². The van der Waals surface area contributed by atoms with Gasteiger partial charge in [-0.1, -0.05) is 50.4 Å². The molecule has 0 aliphatic heterocycles. The number of nitrogens with one attached hydrogen (secondary N) is 1. The molecular formula is C19H30ClN. The largest absolute Gasteiger partial charge is 0.313 e. The first-order valence-electron chi connectivity index (χ1n) is 8.57. The lowest BCUT2D eigenvalue weighted by molar-refractivity contribution is 0.228. The van der Waals surface area contributed by atoms with E-state index in [4.69, 9.17) is 11.6 Å². The molecule has 1 unspecified atom stereocenters. The summed E-state index contributed by atoms with van der Waals surface area (Å²) in [6.45, 7) is 7.87. The molecule has 1 aromatic rings. The molecule has 21 heavy (non-hydrogen) atoms. The van der Waals surface area contributed by atoms with Gasteiger partial charge in [-0.2, -0.15) is 0 Å². The Hall–Kier alpha value is -0.530. The maximum atomic E-state index is 6.48. The molecule has 1 fully saturated rings. The van der Waals surface area contributed by atoms with Gasteiger partial charge in [0.2, 0.25) is 0 Å². The predicted molar refractivity (Wildman–Crippen MR) is 93.2 cm³/mol. The zero-order valence-corrected chi connectivity index (χ0v) is 14.6. The molecule has 1 N–H and O–H groups in total. The Morgan fingerprint density at radius 2 is 2.05 bits per heavy atom. The maximum absolute atomic E-state index is 6.48. The number of hydrogen-bond acceptors (Lipinski definition) is 1. The van der Waals surface area contributed by atoms with Crippen molar-refractivity contribution in [3.8, 4) is 0 Å². The second kappa shape index (κ2) is 7.65. The summed E-state index contributed by atoms with van der Waals surface area (Å²) in [5.74, 6) is 0. The second-order valence-electron chi connectivity index (χ2n) is 6.88. The van der Waals surface area contributed by atoms with Gasteiger partial charge in [0.05, 0.1) is 0 Å². The van der Waals surface area contributed by atoms with Gasteiger partial charge in [0.1, 0.15) is 0 Å². The topological polar surface area (TPSA) is 12.0 Å². The van der Waals surface area contributed by atoms with Gasteiger partial charge < -0.3 is 5.32 Å². The Bertz CT molecular complexity index is 453. The summed E-state index contributed by atoms with van der Waals surface area (Å²) in [7, 11) is 0. The zero-order valence-electron chi connectivity index (χ0n) is 13.8. The highest BCUT2D eigenvalue weighted by molar-refractivity contribution is 6.31. The van der Waals surface area contributed by atoms with Crippen LogP contribution in [0.25, 0.3) is 0 Å². The fourth-order valence-corrected chi connectivity index (χ4v) is 3.37. The molecule has 2 rings (SSSR count). The quantitative estimate of drug-likeness (QED) is 0.632. The molecule has 0 amide bonds. The fourth-order valence-electron chi connectivity index (χ4n) is 3.07. The van der Waals surface area contributed by atoms with Gasteiger partial charge >= 0.3 is 0 Å². The molecule has 1 aliphatic carbocycles.